The third-order valence-corrected chi connectivity index (χ3v) is 5.83. The summed E-state index contributed by atoms with van der Waals surface area (Å²) < 4.78 is 17.1. The van der Waals surface area contributed by atoms with Crippen LogP contribution in [0.1, 0.15) is 53.9 Å². The van der Waals surface area contributed by atoms with Crippen molar-refractivity contribution in [1.82, 2.24) is 5.16 Å². The van der Waals surface area contributed by atoms with Gasteiger partial charge in [-0.2, -0.15) is 0 Å². The van der Waals surface area contributed by atoms with Crippen LogP contribution in [-0.2, 0) is 21.3 Å². The lowest BCUT2D eigenvalue weighted by atomic mass is 9.65. The molecule has 1 amide bonds. The van der Waals surface area contributed by atoms with Gasteiger partial charge in [-0.1, -0.05) is 35.5 Å². The molecule has 1 saturated heterocycles. The molecule has 4 rings (SSSR count). The number of carbonyl (C=O) groups excluding carboxylic acids is 1. The molecule has 2 heterocycles. The van der Waals surface area contributed by atoms with E-state index in [0.717, 1.165) is 32.1 Å². The minimum absolute atomic E-state index is 0.0432. The molecule has 138 valence electrons. The first-order valence-electron chi connectivity index (χ1n) is 9.20. The predicted molar refractivity (Wildman–Crippen MR) is 94.6 cm³/mol. The van der Waals surface area contributed by atoms with Gasteiger partial charge in [-0.3, -0.25) is 4.79 Å². The highest BCUT2D eigenvalue weighted by Crippen LogP contribution is 2.48. The Morgan fingerprint density at radius 2 is 1.77 bits per heavy atom. The van der Waals surface area contributed by atoms with Crippen LogP contribution in [0, 0.1) is 0 Å². The van der Waals surface area contributed by atoms with Gasteiger partial charge in [0.1, 0.15) is 5.76 Å². The van der Waals surface area contributed by atoms with E-state index in [9.17, 15) is 4.79 Å². The van der Waals surface area contributed by atoms with Crippen LogP contribution in [0.4, 0.5) is 0 Å². The number of primary amides is 1. The van der Waals surface area contributed by atoms with E-state index in [-0.39, 0.29) is 16.9 Å². The molecule has 1 aromatic carbocycles. The zero-order valence-electron chi connectivity index (χ0n) is 14.8. The number of amides is 1. The van der Waals surface area contributed by atoms with Crippen LogP contribution in [0.3, 0.4) is 0 Å². The molecular formula is C20H24N2O4. The number of carbonyl (C=O) groups is 1. The Kier molecular flexibility index (Phi) is 4.54. The van der Waals surface area contributed by atoms with Gasteiger partial charge in [-0.05, 0) is 30.2 Å². The zero-order valence-corrected chi connectivity index (χ0v) is 14.8. The molecule has 0 bridgehead atoms. The van der Waals surface area contributed by atoms with Gasteiger partial charge < -0.3 is 19.7 Å². The molecule has 6 nitrogen and oxygen atoms in total. The number of benzene rings is 1. The van der Waals surface area contributed by atoms with E-state index < -0.39 is 5.91 Å². The van der Waals surface area contributed by atoms with Crippen LogP contribution in [0.25, 0.3) is 0 Å². The molecule has 1 aliphatic heterocycles. The topological polar surface area (TPSA) is 87.6 Å². The average Bonchev–Trinajstić information content (AvgIpc) is 3.33. The molecule has 0 radical (unpaired) electrons. The number of hydrogen-bond donors (Lipinski definition) is 1. The van der Waals surface area contributed by atoms with E-state index in [0.29, 0.717) is 25.4 Å². The third kappa shape index (κ3) is 3.27. The Hall–Kier alpha value is -2.18. The lowest BCUT2D eigenvalue weighted by molar-refractivity contribution is -0.185. The van der Waals surface area contributed by atoms with Crippen LogP contribution >= 0.6 is 0 Å². The fourth-order valence-electron chi connectivity index (χ4n) is 4.28. The van der Waals surface area contributed by atoms with Crippen LogP contribution in [0.2, 0.25) is 0 Å². The minimum Gasteiger partial charge on any atom is -0.364 e. The Morgan fingerprint density at radius 3 is 2.38 bits per heavy atom. The zero-order chi connectivity index (χ0) is 18.0. The second kappa shape index (κ2) is 6.85. The average molecular weight is 356 g/mol. The molecule has 1 saturated carbocycles. The first-order chi connectivity index (χ1) is 12.6. The highest BCUT2D eigenvalue weighted by molar-refractivity contribution is 5.90. The summed E-state index contributed by atoms with van der Waals surface area (Å²) in [4.78, 5) is 11.2. The van der Waals surface area contributed by atoms with E-state index in [2.05, 4.69) is 29.4 Å². The second-order valence-electron chi connectivity index (χ2n) is 7.30. The van der Waals surface area contributed by atoms with Crippen molar-refractivity contribution < 1.29 is 18.8 Å². The van der Waals surface area contributed by atoms with E-state index in [4.69, 9.17) is 19.7 Å². The second-order valence-corrected chi connectivity index (χ2v) is 7.30. The summed E-state index contributed by atoms with van der Waals surface area (Å²) in [6.07, 6.45) is 5.40. The molecule has 2 aromatic rings. The van der Waals surface area contributed by atoms with Gasteiger partial charge in [-0.15, -0.1) is 0 Å². The van der Waals surface area contributed by atoms with Crippen LogP contribution < -0.4 is 5.73 Å². The van der Waals surface area contributed by atoms with Crippen molar-refractivity contribution in [3.8, 4) is 0 Å². The molecule has 0 unspecified atom stereocenters. The van der Waals surface area contributed by atoms with Crippen molar-refractivity contribution in [3.05, 3.63) is 53.4 Å². The maximum Gasteiger partial charge on any atom is 0.270 e. The molecule has 1 aliphatic carbocycles. The maximum atomic E-state index is 11.2. The van der Waals surface area contributed by atoms with Crippen molar-refractivity contribution in [1.29, 1.82) is 0 Å². The van der Waals surface area contributed by atoms with E-state index in [1.807, 2.05) is 6.07 Å². The fourth-order valence-corrected chi connectivity index (χ4v) is 4.28. The van der Waals surface area contributed by atoms with E-state index in [1.54, 1.807) is 6.07 Å². The molecule has 2 N–H and O–H groups in total. The van der Waals surface area contributed by atoms with Crippen molar-refractivity contribution in [2.24, 2.45) is 5.73 Å². The lowest BCUT2D eigenvalue weighted by Gasteiger charge is -2.44. The van der Waals surface area contributed by atoms with Crippen molar-refractivity contribution in [2.75, 3.05) is 13.2 Å². The van der Waals surface area contributed by atoms with Gasteiger partial charge >= 0.3 is 0 Å². The first kappa shape index (κ1) is 17.2. The van der Waals surface area contributed by atoms with Crippen LogP contribution in [-0.4, -0.2) is 30.1 Å². The molecule has 1 aromatic heterocycles. The Labute approximate surface area is 152 Å². The number of nitrogens with zero attached hydrogens (tertiary/aromatic N) is 1. The molecule has 6 heteroatoms. The first-order valence-corrected chi connectivity index (χ1v) is 9.20. The minimum atomic E-state index is -0.562. The van der Waals surface area contributed by atoms with Gasteiger partial charge in [0, 0.05) is 25.3 Å². The largest absolute Gasteiger partial charge is 0.364 e. The van der Waals surface area contributed by atoms with E-state index >= 15 is 0 Å². The lowest BCUT2D eigenvalue weighted by Crippen LogP contribution is -2.42. The molecule has 2 fully saturated rings. The van der Waals surface area contributed by atoms with Gasteiger partial charge in [0.05, 0.1) is 13.2 Å². The Balaban J connectivity index is 1.53. The smallest absolute Gasteiger partial charge is 0.270 e. The molecule has 0 atom stereocenters. The summed E-state index contributed by atoms with van der Waals surface area (Å²) in [5, 5.41) is 3.74. The maximum absolute atomic E-state index is 11.2. The van der Waals surface area contributed by atoms with Crippen LogP contribution in [0.15, 0.2) is 40.9 Å². The summed E-state index contributed by atoms with van der Waals surface area (Å²) >= 11 is 0. The molecule has 2 aliphatic rings. The fraction of sp³-hybridized carbons (Fsp3) is 0.500. The normalized spacial score (nSPS) is 21.1. The number of aryl methyl sites for hydroxylation is 1. The Bertz CT molecular complexity index is 755. The predicted octanol–water partition coefficient (Wildman–Crippen LogP) is 2.96. The summed E-state index contributed by atoms with van der Waals surface area (Å²) in [5.41, 5.74) is 6.82. The van der Waals surface area contributed by atoms with Gasteiger partial charge in [0.2, 0.25) is 0 Å². The highest BCUT2D eigenvalue weighted by atomic mass is 16.7. The molecule has 1 spiro atoms. The summed E-state index contributed by atoms with van der Waals surface area (Å²) in [6, 6.07) is 12.3. The number of nitrogens with two attached hydrogens (primary N) is 1. The third-order valence-electron chi connectivity index (χ3n) is 5.83. The number of ether oxygens (including phenoxy) is 2. The summed E-state index contributed by atoms with van der Waals surface area (Å²) in [7, 11) is 0. The van der Waals surface area contributed by atoms with Crippen molar-refractivity contribution in [3.63, 3.8) is 0 Å². The Morgan fingerprint density at radius 1 is 1.08 bits per heavy atom. The van der Waals surface area contributed by atoms with E-state index in [1.165, 1.54) is 5.56 Å². The number of aromatic nitrogens is 1. The van der Waals surface area contributed by atoms with Gasteiger partial charge in [0.15, 0.2) is 11.5 Å². The van der Waals surface area contributed by atoms with Crippen molar-refractivity contribution >= 4 is 5.91 Å². The molecular weight excluding hydrogens is 332 g/mol. The number of rotatable bonds is 5. The highest BCUT2D eigenvalue weighted by Gasteiger charge is 2.46. The monoisotopic (exact) mass is 356 g/mol. The van der Waals surface area contributed by atoms with Crippen molar-refractivity contribution in [2.45, 2.75) is 49.7 Å². The summed E-state index contributed by atoms with van der Waals surface area (Å²) in [5.74, 6) is -0.250. The quantitative estimate of drug-likeness (QED) is 0.890. The van der Waals surface area contributed by atoms with Gasteiger partial charge in [-0.25, -0.2) is 0 Å². The molecule has 26 heavy (non-hydrogen) atoms. The number of hydrogen-bond acceptors (Lipinski definition) is 5. The van der Waals surface area contributed by atoms with Gasteiger partial charge in [0.25, 0.3) is 5.91 Å². The SMILES string of the molecule is NC(=O)c1cc(CCC2(c3ccccc3)CCC3(CC2)OCCO3)on1. The standard InChI is InChI=1S/C20H24N2O4/c21-18(23)17-14-16(26-22-17)6-7-19(15-4-2-1-3-5-15)8-10-20(11-9-19)24-12-13-25-20/h1-5,14H,6-13H2,(H2,21,23). The van der Waals surface area contributed by atoms with Crippen LogP contribution in [0.5, 0.6) is 0 Å². The summed E-state index contributed by atoms with van der Waals surface area (Å²) in [6.45, 7) is 1.37.